The number of rotatable bonds is 3. The minimum absolute atomic E-state index is 0.0671. The first kappa shape index (κ1) is 10.8. The van der Waals surface area contributed by atoms with Gasteiger partial charge < -0.3 is 5.11 Å². The van der Waals surface area contributed by atoms with Crippen LogP contribution >= 0.6 is 11.3 Å². The zero-order valence-corrected chi connectivity index (χ0v) is 8.96. The van der Waals surface area contributed by atoms with E-state index in [1.165, 1.54) is 22.8 Å². The highest BCUT2D eigenvalue weighted by atomic mass is 32.1. The Bertz CT molecular complexity index is 602. The molecule has 1 N–H and O–H groups in total. The topological polar surface area (TPSA) is 59.3 Å². The number of fused-ring (bicyclic) bond motifs is 1. The molecule has 0 unspecified atom stereocenters. The summed E-state index contributed by atoms with van der Waals surface area (Å²) in [6.07, 6.45) is -0.151. The number of hydrogen-bond acceptors (Lipinski definition) is 3. The Kier molecular flexibility index (Phi) is 2.74. The van der Waals surface area contributed by atoms with Crippen LogP contribution in [0.5, 0.6) is 0 Å². The molecular formula is C10H8FNO3S. The number of carboxylic acid groups (broad SMARTS) is 1. The van der Waals surface area contributed by atoms with Gasteiger partial charge in [0.2, 0.25) is 0 Å². The second-order valence-corrected chi connectivity index (χ2v) is 4.27. The number of halogens is 1. The number of nitrogens with zero attached hydrogens (tertiary/aromatic N) is 1. The molecule has 2 rings (SSSR count). The van der Waals surface area contributed by atoms with Gasteiger partial charge in [0.1, 0.15) is 5.82 Å². The summed E-state index contributed by atoms with van der Waals surface area (Å²) in [5, 5.41) is 8.54. The smallest absolute Gasteiger partial charge is 0.308 e. The fourth-order valence-electron chi connectivity index (χ4n) is 1.45. The van der Waals surface area contributed by atoms with E-state index in [1.54, 1.807) is 0 Å². The largest absolute Gasteiger partial charge is 0.481 e. The van der Waals surface area contributed by atoms with Gasteiger partial charge in [-0.2, -0.15) is 0 Å². The molecule has 84 valence electrons. The van der Waals surface area contributed by atoms with Crippen LogP contribution in [0.2, 0.25) is 0 Å². The second kappa shape index (κ2) is 4.05. The van der Waals surface area contributed by atoms with E-state index in [9.17, 15) is 14.0 Å². The molecule has 0 radical (unpaired) electrons. The van der Waals surface area contributed by atoms with Gasteiger partial charge in [-0.15, -0.1) is 0 Å². The van der Waals surface area contributed by atoms with Crippen LogP contribution in [0.15, 0.2) is 23.0 Å². The summed E-state index contributed by atoms with van der Waals surface area (Å²) < 4.78 is 15.0. The van der Waals surface area contributed by atoms with Crippen molar-refractivity contribution in [3.05, 3.63) is 33.7 Å². The van der Waals surface area contributed by atoms with Crippen LogP contribution in [-0.4, -0.2) is 15.6 Å². The highest BCUT2D eigenvalue weighted by Crippen LogP contribution is 2.18. The molecule has 0 fully saturated rings. The normalized spacial score (nSPS) is 10.8. The Labute approximate surface area is 93.6 Å². The van der Waals surface area contributed by atoms with Gasteiger partial charge in [-0.05, 0) is 18.2 Å². The maximum absolute atomic E-state index is 13.0. The third-order valence-corrected chi connectivity index (χ3v) is 3.14. The van der Waals surface area contributed by atoms with Crippen molar-refractivity contribution in [1.29, 1.82) is 0 Å². The SMILES string of the molecule is O=C(O)CCn1c(=O)sc2ccc(F)cc21. The van der Waals surface area contributed by atoms with Crippen LogP contribution in [0.1, 0.15) is 6.42 Å². The van der Waals surface area contributed by atoms with Crippen LogP contribution in [0, 0.1) is 5.82 Å². The maximum Gasteiger partial charge on any atom is 0.308 e. The summed E-state index contributed by atoms with van der Waals surface area (Å²) in [6, 6.07) is 4.04. The van der Waals surface area contributed by atoms with Crippen molar-refractivity contribution >= 4 is 27.5 Å². The van der Waals surface area contributed by atoms with E-state index in [-0.39, 0.29) is 17.8 Å². The third kappa shape index (κ3) is 1.96. The van der Waals surface area contributed by atoms with Crippen molar-refractivity contribution in [3.63, 3.8) is 0 Å². The lowest BCUT2D eigenvalue weighted by molar-refractivity contribution is -0.137. The van der Waals surface area contributed by atoms with E-state index in [0.717, 1.165) is 11.3 Å². The Hall–Kier alpha value is -1.69. The lowest BCUT2D eigenvalue weighted by atomic mass is 10.3. The zero-order chi connectivity index (χ0) is 11.7. The van der Waals surface area contributed by atoms with Crippen LogP contribution in [0.3, 0.4) is 0 Å². The van der Waals surface area contributed by atoms with E-state index in [2.05, 4.69) is 0 Å². The quantitative estimate of drug-likeness (QED) is 0.889. The summed E-state index contributed by atoms with van der Waals surface area (Å²) in [7, 11) is 0. The number of carboxylic acids is 1. The van der Waals surface area contributed by atoms with Gasteiger partial charge in [-0.1, -0.05) is 11.3 Å². The fraction of sp³-hybridized carbons (Fsp3) is 0.200. The maximum atomic E-state index is 13.0. The molecule has 0 aliphatic rings. The van der Waals surface area contributed by atoms with Crippen LogP contribution in [0.4, 0.5) is 4.39 Å². The average molecular weight is 241 g/mol. The van der Waals surface area contributed by atoms with Gasteiger partial charge in [0.25, 0.3) is 0 Å². The summed E-state index contributed by atoms with van der Waals surface area (Å²) in [4.78, 5) is 21.7. The van der Waals surface area contributed by atoms with Gasteiger partial charge in [-0.25, -0.2) is 4.39 Å². The minimum Gasteiger partial charge on any atom is -0.481 e. The van der Waals surface area contributed by atoms with E-state index in [4.69, 9.17) is 5.11 Å². The predicted octanol–water partition coefficient (Wildman–Crippen LogP) is 1.68. The molecular weight excluding hydrogens is 233 g/mol. The van der Waals surface area contributed by atoms with E-state index in [0.29, 0.717) is 10.2 Å². The summed E-state index contributed by atoms with van der Waals surface area (Å²) >= 11 is 0.987. The fourth-order valence-corrected chi connectivity index (χ4v) is 2.35. The van der Waals surface area contributed by atoms with E-state index >= 15 is 0 Å². The molecule has 1 aromatic heterocycles. The monoisotopic (exact) mass is 241 g/mol. The summed E-state index contributed by atoms with van der Waals surface area (Å²) in [5.41, 5.74) is 0.455. The van der Waals surface area contributed by atoms with Crippen molar-refractivity contribution in [2.75, 3.05) is 0 Å². The van der Waals surface area contributed by atoms with Gasteiger partial charge >= 0.3 is 10.8 Å². The molecule has 1 heterocycles. The van der Waals surface area contributed by atoms with Gasteiger partial charge in [0, 0.05) is 6.54 Å². The number of thiazole rings is 1. The molecule has 0 spiro atoms. The molecule has 2 aromatic rings. The van der Waals surface area contributed by atoms with E-state index in [1.807, 2.05) is 0 Å². The minimum atomic E-state index is -0.984. The van der Waals surface area contributed by atoms with Crippen LogP contribution in [0.25, 0.3) is 10.2 Å². The average Bonchev–Trinajstić information content (AvgIpc) is 2.51. The summed E-state index contributed by atoms with van der Waals surface area (Å²) in [5.74, 6) is -1.42. The van der Waals surface area contributed by atoms with E-state index < -0.39 is 11.8 Å². The molecule has 1 aromatic carbocycles. The summed E-state index contributed by atoms with van der Waals surface area (Å²) in [6.45, 7) is 0.0671. The molecule has 0 aliphatic heterocycles. The van der Waals surface area contributed by atoms with Crippen LogP contribution in [-0.2, 0) is 11.3 Å². The van der Waals surface area contributed by atoms with Gasteiger partial charge in [-0.3, -0.25) is 14.2 Å². The number of aryl methyl sites for hydroxylation is 1. The third-order valence-electron chi connectivity index (χ3n) is 2.18. The molecule has 16 heavy (non-hydrogen) atoms. The molecule has 0 atom stereocenters. The number of aromatic nitrogens is 1. The highest BCUT2D eigenvalue weighted by molar-refractivity contribution is 7.16. The Morgan fingerprint density at radius 1 is 1.50 bits per heavy atom. The van der Waals surface area contributed by atoms with Gasteiger partial charge in [0.05, 0.1) is 16.6 Å². The molecule has 6 heteroatoms. The molecule has 0 aliphatic carbocycles. The van der Waals surface area contributed by atoms with Crippen molar-refractivity contribution < 1.29 is 14.3 Å². The number of hydrogen-bond donors (Lipinski definition) is 1. The molecule has 0 saturated carbocycles. The molecule has 0 bridgehead atoms. The highest BCUT2D eigenvalue weighted by Gasteiger charge is 2.09. The number of carbonyl (C=O) groups is 1. The standard InChI is InChI=1S/C10H8FNO3S/c11-6-1-2-8-7(5-6)12(10(15)16-8)4-3-9(13)14/h1-2,5H,3-4H2,(H,13,14). The van der Waals surface area contributed by atoms with Crippen molar-refractivity contribution in [3.8, 4) is 0 Å². The molecule has 0 saturated heterocycles. The Morgan fingerprint density at radius 3 is 2.94 bits per heavy atom. The molecule has 4 nitrogen and oxygen atoms in total. The van der Waals surface area contributed by atoms with Crippen molar-refractivity contribution in [2.24, 2.45) is 0 Å². The Morgan fingerprint density at radius 2 is 2.25 bits per heavy atom. The first-order valence-electron chi connectivity index (χ1n) is 4.58. The van der Waals surface area contributed by atoms with Crippen molar-refractivity contribution in [1.82, 2.24) is 4.57 Å². The molecule has 0 amide bonds. The number of benzene rings is 1. The first-order chi connectivity index (χ1) is 7.58. The Balaban J connectivity index is 2.50. The van der Waals surface area contributed by atoms with Crippen LogP contribution < -0.4 is 4.87 Å². The second-order valence-electron chi connectivity index (χ2n) is 3.28. The van der Waals surface area contributed by atoms with Crippen molar-refractivity contribution in [2.45, 2.75) is 13.0 Å². The lowest BCUT2D eigenvalue weighted by Gasteiger charge is -2.00. The zero-order valence-electron chi connectivity index (χ0n) is 8.14. The lowest BCUT2D eigenvalue weighted by Crippen LogP contribution is -2.15. The predicted molar refractivity (Wildman–Crippen MR) is 58.3 cm³/mol. The van der Waals surface area contributed by atoms with Gasteiger partial charge in [0.15, 0.2) is 0 Å². The number of aliphatic carboxylic acids is 1. The first-order valence-corrected chi connectivity index (χ1v) is 5.40.